The number of carbonyl (C=O) groups is 2. The number of amides is 2. The van der Waals surface area contributed by atoms with Gasteiger partial charge in [-0.05, 0) is 26.3 Å². The molecule has 0 spiro atoms. The number of fused-ring (bicyclic) bond motifs is 1. The van der Waals surface area contributed by atoms with E-state index in [1.165, 1.54) is 5.56 Å². The van der Waals surface area contributed by atoms with Crippen LogP contribution in [0.1, 0.15) is 42.3 Å². The van der Waals surface area contributed by atoms with Gasteiger partial charge in [0.15, 0.2) is 0 Å². The van der Waals surface area contributed by atoms with E-state index in [0.29, 0.717) is 26.1 Å². The summed E-state index contributed by atoms with van der Waals surface area (Å²) in [6, 6.07) is 0. The summed E-state index contributed by atoms with van der Waals surface area (Å²) in [6.45, 7) is 4.12. The van der Waals surface area contributed by atoms with Crippen molar-refractivity contribution in [2.45, 2.75) is 38.1 Å². The largest absolute Gasteiger partial charge is 0.373 e. The number of rotatable bonds is 4. The maximum Gasteiger partial charge on any atom is 0.242 e. The number of carbonyl (C=O) groups excluding carboxylic acids is 2. The summed E-state index contributed by atoms with van der Waals surface area (Å²) < 4.78 is 0. The lowest BCUT2D eigenvalue weighted by Crippen LogP contribution is -2.39. The molecule has 2 amide bonds. The minimum Gasteiger partial charge on any atom is -0.373 e. The monoisotopic (exact) mass is 372 g/mol. The Morgan fingerprint density at radius 2 is 2.07 bits per heavy atom. The van der Waals surface area contributed by atoms with Crippen molar-refractivity contribution in [2.24, 2.45) is 0 Å². The quantitative estimate of drug-likeness (QED) is 0.826. The van der Waals surface area contributed by atoms with E-state index < -0.39 is 0 Å². The van der Waals surface area contributed by atoms with Gasteiger partial charge in [-0.1, -0.05) is 0 Å². The summed E-state index contributed by atoms with van der Waals surface area (Å²) in [4.78, 5) is 39.8. The van der Waals surface area contributed by atoms with Gasteiger partial charge in [-0.2, -0.15) is 0 Å². The summed E-state index contributed by atoms with van der Waals surface area (Å²) in [5.74, 6) is 2.06. The highest BCUT2D eigenvalue weighted by Gasteiger charge is 2.32. The molecule has 8 nitrogen and oxygen atoms in total. The first-order chi connectivity index (χ1) is 13.0. The van der Waals surface area contributed by atoms with Gasteiger partial charge in [0.05, 0.1) is 12.2 Å². The minimum atomic E-state index is 0.0410. The Balaban J connectivity index is 1.46. The minimum absolute atomic E-state index is 0.0410. The molecule has 0 aliphatic carbocycles. The van der Waals surface area contributed by atoms with Crippen molar-refractivity contribution >= 4 is 17.6 Å². The maximum atomic E-state index is 12.6. The molecule has 4 heterocycles. The second kappa shape index (κ2) is 7.42. The van der Waals surface area contributed by atoms with Gasteiger partial charge in [-0.15, -0.1) is 0 Å². The van der Waals surface area contributed by atoms with Crippen LogP contribution in [0, 0.1) is 0 Å². The van der Waals surface area contributed by atoms with Crippen molar-refractivity contribution in [1.29, 1.82) is 0 Å². The van der Waals surface area contributed by atoms with Crippen LogP contribution in [0.5, 0.6) is 0 Å². The van der Waals surface area contributed by atoms with Crippen LogP contribution in [0.3, 0.4) is 0 Å². The number of nitrogens with zero attached hydrogens (tertiary/aromatic N) is 5. The van der Waals surface area contributed by atoms with Crippen LogP contribution < -0.4 is 5.32 Å². The maximum absolute atomic E-state index is 12.6. The van der Waals surface area contributed by atoms with Crippen molar-refractivity contribution < 1.29 is 9.59 Å². The highest BCUT2D eigenvalue weighted by atomic mass is 16.2. The number of hydrogen-bond acceptors (Lipinski definition) is 6. The zero-order valence-corrected chi connectivity index (χ0v) is 16.2. The van der Waals surface area contributed by atoms with Crippen LogP contribution in [0.25, 0.3) is 0 Å². The van der Waals surface area contributed by atoms with Crippen LogP contribution >= 0.6 is 0 Å². The Bertz CT molecular complexity index is 752. The first-order valence-electron chi connectivity index (χ1n) is 9.86. The first kappa shape index (κ1) is 18.2. The fourth-order valence-electron chi connectivity index (χ4n) is 4.30. The van der Waals surface area contributed by atoms with Crippen molar-refractivity contribution in [3.63, 3.8) is 0 Å². The SMILES string of the molecule is CNc1nc([C@@H]2CCN(C(=O)CN3CCCC3=O)C2)nc2c1CCN(C)C2. The standard InChI is InChI=1S/C19H28N6O2/c1-20-19-14-6-8-23(2)11-15(14)21-18(22-19)13-5-9-25(10-13)17(27)12-24-7-3-4-16(24)26/h13H,3-12H2,1-2H3,(H,20,21,22)/t13-/m1/s1. The molecular formula is C19H28N6O2. The average Bonchev–Trinajstić information content (AvgIpc) is 3.30. The molecule has 3 aliphatic rings. The number of likely N-dealkylation sites (N-methyl/N-ethyl adjacent to an activating group) is 1. The lowest BCUT2D eigenvalue weighted by molar-refractivity contribution is -0.137. The molecule has 0 aromatic carbocycles. The predicted octanol–water partition coefficient (Wildman–Crippen LogP) is 0.445. The van der Waals surface area contributed by atoms with E-state index >= 15 is 0 Å². The second-order valence-corrected chi connectivity index (χ2v) is 7.84. The van der Waals surface area contributed by atoms with Crippen molar-refractivity contribution in [3.8, 4) is 0 Å². The van der Waals surface area contributed by atoms with Gasteiger partial charge in [-0.25, -0.2) is 9.97 Å². The Morgan fingerprint density at radius 1 is 1.22 bits per heavy atom. The summed E-state index contributed by atoms with van der Waals surface area (Å²) >= 11 is 0. The fraction of sp³-hybridized carbons (Fsp3) is 0.684. The van der Waals surface area contributed by atoms with Crippen molar-refractivity contribution in [2.75, 3.05) is 52.1 Å². The predicted molar refractivity (Wildman–Crippen MR) is 101 cm³/mol. The molecule has 4 rings (SSSR count). The first-order valence-corrected chi connectivity index (χ1v) is 9.86. The molecule has 0 unspecified atom stereocenters. The Morgan fingerprint density at radius 3 is 2.81 bits per heavy atom. The Kier molecular flexibility index (Phi) is 4.99. The van der Waals surface area contributed by atoms with E-state index in [9.17, 15) is 9.59 Å². The van der Waals surface area contributed by atoms with Crippen molar-refractivity contribution in [1.82, 2.24) is 24.7 Å². The molecule has 3 aliphatic heterocycles. The molecule has 8 heteroatoms. The smallest absolute Gasteiger partial charge is 0.242 e. The molecule has 2 fully saturated rings. The third-order valence-electron chi connectivity index (χ3n) is 5.91. The number of anilines is 1. The third kappa shape index (κ3) is 3.63. The fourth-order valence-corrected chi connectivity index (χ4v) is 4.30. The van der Waals surface area contributed by atoms with E-state index in [0.717, 1.165) is 49.7 Å². The van der Waals surface area contributed by atoms with Gasteiger partial charge in [-0.3, -0.25) is 9.59 Å². The molecule has 0 bridgehead atoms. The highest BCUT2D eigenvalue weighted by molar-refractivity contribution is 5.86. The van der Waals surface area contributed by atoms with Gasteiger partial charge in [0.2, 0.25) is 11.8 Å². The summed E-state index contributed by atoms with van der Waals surface area (Å²) in [7, 11) is 4.02. The molecule has 1 N–H and O–H groups in total. The lowest BCUT2D eigenvalue weighted by atomic mass is 10.0. The molecule has 2 saturated heterocycles. The van der Waals surface area contributed by atoms with Gasteiger partial charge < -0.3 is 20.0 Å². The van der Waals surface area contributed by atoms with Gasteiger partial charge in [0.25, 0.3) is 0 Å². The second-order valence-electron chi connectivity index (χ2n) is 7.84. The van der Waals surface area contributed by atoms with Gasteiger partial charge >= 0.3 is 0 Å². The Labute approximate surface area is 159 Å². The lowest BCUT2D eigenvalue weighted by Gasteiger charge is -2.26. The number of nitrogens with one attached hydrogen (secondary N) is 1. The zero-order chi connectivity index (χ0) is 19.0. The van der Waals surface area contributed by atoms with E-state index in [1.807, 2.05) is 11.9 Å². The zero-order valence-electron chi connectivity index (χ0n) is 16.2. The highest BCUT2D eigenvalue weighted by Crippen LogP contribution is 2.29. The molecule has 146 valence electrons. The normalized spacial score (nSPS) is 23.0. The summed E-state index contributed by atoms with van der Waals surface area (Å²) in [5, 5.41) is 3.23. The number of hydrogen-bond donors (Lipinski definition) is 1. The number of aromatic nitrogens is 2. The van der Waals surface area contributed by atoms with E-state index in [2.05, 4.69) is 17.3 Å². The van der Waals surface area contributed by atoms with Crippen LogP contribution in [-0.2, 0) is 22.6 Å². The van der Waals surface area contributed by atoms with E-state index in [4.69, 9.17) is 9.97 Å². The average molecular weight is 372 g/mol. The molecule has 1 aromatic rings. The number of likely N-dealkylation sites (tertiary alicyclic amines) is 2. The van der Waals surface area contributed by atoms with Crippen LogP contribution in [0.2, 0.25) is 0 Å². The van der Waals surface area contributed by atoms with Gasteiger partial charge in [0, 0.05) is 57.7 Å². The summed E-state index contributed by atoms with van der Waals surface area (Å²) in [6.07, 6.45) is 3.26. The summed E-state index contributed by atoms with van der Waals surface area (Å²) in [5.41, 5.74) is 2.32. The van der Waals surface area contributed by atoms with Gasteiger partial charge in [0.1, 0.15) is 11.6 Å². The third-order valence-corrected chi connectivity index (χ3v) is 5.91. The van der Waals surface area contributed by atoms with Crippen LogP contribution in [0.15, 0.2) is 0 Å². The molecule has 0 saturated carbocycles. The molecule has 27 heavy (non-hydrogen) atoms. The molecule has 1 aromatic heterocycles. The van der Waals surface area contributed by atoms with E-state index in [-0.39, 0.29) is 24.3 Å². The Hall–Kier alpha value is -2.22. The van der Waals surface area contributed by atoms with Crippen molar-refractivity contribution in [3.05, 3.63) is 17.1 Å². The molecule has 0 radical (unpaired) electrons. The van der Waals surface area contributed by atoms with Crippen LogP contribution in [-0.4, -0.2) is 83.3 Å². The topological polar surface area (TPSA) is 81.7 Å². The molecule has 1 atom stereocenters. The van der Waals surface area contributed by atoms with Crippen LogP contribution in [0.4, 0.5) is 5.82 Å². The molecular weight excluding hydrogens is 344 g/mol. The van der Waals surface area contributed by atoms with E-state index in [1.54, 1.807) is 4.90 Å².